The van der Waals surface area contributed by atoms with E-state index in [1.807, 2.05) is 0 Å². The van der Waals surface area contributed by atoms with Gasteiger partial charge >= 0.3 is 12.0 Å². The Bertz CT molecular complexity index is 780. The number of nitrogens with zero attached hydrogens (tertiary/aromatic N) is 1. The maximum absolute atomic E-state index is 12.4. The molecule has 1 heterocycles. The van der Waals surface area contributed by atoms with Gasteiger partial charge in [0.2, 0.25) is 10.0 Å². The highest BCUT2D eigenvalue weighted by Crippen LogP contribution is 2.30. The molecular formula is C16H23N3O5S. The molecule has 25 heavy (non-hydrogen) atoms. The molecule has 2 rings (SSSR count). The van der Waals surface area contributed by atoms with Crippen molar-refractivity contribution in [2.75, 3.05) is 20.1 Å². The summed E-state index contributed by atoms with van der Waals surface area (Å²) in [6.07, 6.45) is 0.403. The molecule has 2 amide bonds. The molecule has 2 atom stereocenters. The molecule has 138 valence electrons. The third kappa shape index (κ3) is 4.10. The maximum atomic E-state index is 12.4. The molecule has 1 fully saturated rings. The SMILES string of the molecule is CNS(=O)(=O)c1cccc(C(C)NC(=O)N2CCC(C)(C(=O)O)C2)c1. The lowest BCUT2D eigenvalue weighted by Gasteiger charge is -2.23. The van der Waals surface area contributed by atoms with Gasteiger partial charge in [0.25, 0.3) is 0 Å². The Morgan fingerprint density at radius 2 is 2.04 bits per heavy atom. The van der Waals surface area contributed by atoms with Crippen molar-refractivity contribution in [1.82, 2.24) is 14.9 Å². The first kappa shape index (κ1) is 19.2. The number of amides is 2. The normalized spacial score (nSPS) is 21.8. The van der Waals surface area contributed by atoms with Crippen LogP contribution < -0.4 is 10.0 Å². The lowest BCUT2D eigenvalue weighted by atomic mass is 9.90. The minimum atomic E-state index is -3.56. The van der Waals surface area contributed by atoms with Crippen molar-refractivity contribution in [2.24, 2.45) is 5.41 Å². The standard InChI is InChI=1S/C16H23N3O5S/c1-11(12-5-4-6-13(9-12)25(23,24)17-3)18-15(22)19-8-7-16(2,10-19)14(20)21/h4-6,9,11,17H,7-8,10H2,1-3H3,(H,18,22)(H,20,21). The zero-order chi connectivity index (χ0) is 18.8. The monoisotopic (exact) mass is 369 g/mol. The third-order valence-electron chi connectivity index (χ3n) is 4.55. The second-order valence-electron chi connectivity index (χ2n) is 6.49. The molecule has 1 aromatic carbocycles. The van der Waals surface area contributed by atoms with Gasteiger partial charge in [-0.1, -0.05) is 12.1 Å². The number of sulfonamides is 1. The van der Waals surface area contributed by atoms with E-state index in [-0.39, 0.29) is 17.5 Å². The van der Waals surface area contributed by atoms with Crippen molar-refractivity contribution >= 4 is 22.0 Å². The fraction of sp³-hybridized carbons (Fsp3) is 0.500. The molecule has 1 aliphatic heterocycles. The van der Waals surface area contributed by atoms with E-state index in [4.69, 9.17) is 0 Å². The number of carboxylic acid groups (broad SMARTS) is 1. The van der Waals surface area contributed by atoms with Crippen LogP contribution >= 0.6 is 0 Å². The number of benzene rings is 1. The molecule has 8 nitrogen and oxygen atoms in total. The second kappa shape index (κ2) is 7.01. The predicted molar refractivity (Wildman–Crippen MR) is 91.6 cm³/mol. The smallest absolute Gasteiger partial charge is 0.317 e. The highest BCUT2D eigenvalue weighted by molar-refractivity contribution is 7.89. The fourth-order valence-electron chi connectivity index (χ4n) is 2.74. The lowest BCUT2D eigenvalue weighted by Crippen LogP contribution is -2.41. The van der Waals surface area contributed by atoms with E-state index in [1.54, 1.807) is 26.0 Å². The Morgan fingerprint density at radius 1 is 1.36 bits per heavy atom. The van der Waals surface area contributed by atoms with Gasteiger partial charge in [0.1, 0.15) is 0 Å². The average Bonchev–Trinajstić information content (AvgIpc) is 2.99. The van der Waals surface area contributed by atoms with Gasteiger partial charge in [0.15, 0.2) is 0 Å². The summed E-state index contributed by atoms with van der Waals surface area (Å²) >= 11 is 0. The first-order chi connectivity index (χ1) is 11.6. The Labute approximate surface area is 147 Å². The zero-order valence-electron chi connectivity index (χ0n) is 14.4. The van der Waals surface area contributed by atoms with Crippen LogP contribution in [0, 0.1) is 5.41 Å². The highest BCUT2D eigenvalue weighted by Gasteiger charge is 2.42. The van der Waals surface area contributed by atoms with Gasteiger partial charge in [-0.2, -0.15) is 0 Å². The van der Waals surface area contributed by atoms with Crippen molar-refractivity contribution < 1.29 is 23.1 Å². The molecule has 1 aliphatic rings. The number of hydrogen-bond donors (Lipinski definition) is 3. The number of carbonyl (C=O) groups is 2. The summed E-state index contributed by atoms with van der Waals surface area (Å²) in [7, 11) is -2.23. The van der Waals surface area contributed by atoms with Gasteiger partial charge in [-0.15, -0.1) is 0 Å². The Morgan fingerprint density at radius 3 is 2.60 bits per heavy atom. The van der Waals surface area contributed by atoms with Crippen LogP contribution in [-0.4, -0.2) is 50.6 Å². The van der Waals surface area contributed by atoms with E-state index in [2.05, 4.69) is 10.0 Å². The van der Waals surface area contributed by atoms with Gasteiger partial charge in [-0.3, -0.25) is 4.79 Å². The van der Waals surface area contributed by atoms with E-state index >= 15 is 0 Å². The molecule has 2 unspecified atom stereocenters. The largest absolute Gasteiger partial charge is 0.481 e. The molecule has 3 N–H and O–H groups in total. The van der Waals surface area contributed by atoms with Gasteiger partial charge in [0.05, 0.1) is 16.4 Å². The van der Waals surface area contributed by atoms with Gasteiger partial charge < -0.3 is 15.3 Å². The number of hydrogen-bond acceptors (Lipinski definition) is 4. The molecule has 0 saturated carbocycles. The van der Waals surface area contributed by atoms with Gasteiger partial charge in [0, 0.05) is 13.1 Å². The van der Waals surface area contributed by atoms with Crippen LogP contribution in [0.4, 0.5) is 4.79 Å². The van der Waals surface area contributed by atoms with Crippen LogP contribution in [0.25, 0.3) is 0 Å². The summed E-state index contributed by atoms with van der Waals surface area (Å²) in [6, 6.07) is 5.53. The summed E-state index contributed by atoms with van der Waals surface area (Å²) in [4.78, 5) is 25.2. The highest BCUT2D eigenvalue weighted by atomic mass is 32.2. The molecular weight excluding hydrogens is 346 g/mol. The van der Waals surface area contributed by atoms with Crippen LogP contribution in [0.15, 0.2) is 29.2 Å². The van der Waals surface area contributed by atoms with Crippen molar-refractivity contribution in [1.29, 1.82) is 0 Å². The van der Waals surface area contributed by atoms with Crippen molar-refractivity contribution in [3.05, 3.63) is 29.8 Å². The first-order valence-electron chi connectivity index (χ1n) is 7.91. The summed E-state index contributed by atoms with van der Waals surface area (Å²) < 4.78 is 26.0. The van der Waals surface area contributed by atoms with Gasteiger partial charge in [-0.05, 0) is 45.0 Å². The summed E-state index contributed by atoms with van der Waals surface area (Å²) in [6.45, 7) is 3.89. The predicted octanol–water partition coefficient (Wildman–Crippen LogP) is 1.16. The van der Waals surface area contributed by atoms with Crippen molar-refractivity contribution in [3.8, 4) is 0 Å². The zero-order valence-corrected chi connectivity index (χ0v) is 15.3. The molecule has 0 aliphatic carbocycles. The molecule has 1 saturated heterocycles. The Kier molecular flexibility index (Phi) is 5.38. The number of rotatable bonds is 5. The van der Waals surface area contributed by atoms with Crippen LogP contribution in [0.3, 0.4) is 0 Å². The number of urea groups is 1. The van der Waals surface area contributed by atoms with E-state index < -0.39 is 27.4 Å². The molecule has 0 aromatic heterocycles. The van der Waals surface area contributed by atoms with Crippen molar-refractivity contribution in [2.45, 2.75) is 31.2 Å². The third-order valence-corrected chi connectivity index (χ3v) is 5.97. The van der Waals surface area contributed by atoms with E-state index in [0.717, 1.165) is 0 Å². The van der Waals surface area contributed by atoms with Crippen molar-refractivity contribution in [3.63, 3.8) is 0 Å². The number of carboxylic acids is 1. The number of nitrogens with one attached hydrogen (secondary N) is 2. The minimum Gasteiger partial charge on any atom is -0.481 e. The maximum Gasteiger partial charge on any atom is 0.317 e. The molecule has 0 bridgehead atoms. The van der Waals surface area contributed by atoms with E-state index in [1.165, 1.54) is 24.1 Å². The van der Waals surface area contributed by atoms with Crippen LogP contribution in [-0.2, 0) is 14.8 Å². The summed E-state index contributed by atoms with van der Waals surface area (Å²) in [5.41, 5.74) is -0.286. The number of aliphatic carboxylic acids is 1. The number of likely N-dealkylation sites (tertiary alicyclic amines) is 1. The van der Waals surface area contributed by atoms with Crippen LogP contribution in [0.1, 0.15) is 31.9 Å². The minimum absolute atomic E-state index is 0.119. The average molecular weight is 369 g/mol. The van der Waals surface area contributed by atoms with E-state index in [9.17, 15) is 23.1 Å². The fourth-order valence-corrected chi connectivity index (χ4v) is 3.52. The Hall–Kier alpha value is -2.13. The summed E-state index contributed by atoms with van der Waals surface area (Å²) in [5.74, 6) is -0.916. The summed E-state index contributed by atoms with van der Waals surface area (Å²) in [5, 5.41) is 12.0. The molecule has 0 radical (unpaired) electrons. The second-order valence-corrected chi connectivity index (χ2v) is 8.38. The topological polar surface area (TPSA) is 116 Å². The van der Waals surface area contributed by atoms with Gasteiger partial charge in [-0.25, -0.2) is 17.9 Å². The Balaban J connectivity index is 2.08. The number of carbonyl (C=O) groups excluding carboxylic acids is 1. The van der Waals surface area contributed by atoms with E-state index in [0.29, 0.717) is 18.5 Å². The molecule has 1 aromatic rings. The molecule has 9 heteroatoms. The quantitative estimate of drug-likeness (QED) is 0.720. The molecule has 0 spiro atoms. The lowest BCUT2D eigenvalue weighted by molar-refractivity contribution is -0.147. The van der Waals surface area contributed by atoms with Crippen LogP contribution in [0.2, 0.25) is 0 Å². The first-order valence-corrected chi connectivity index (χ1v) is 9.40. The van der Waals surface area contributed by atoms with Crippen LogP contribution in [0.5, 0.6) is 0 Å².